The largest absolute Gasteiger partial charge is 0.383 e. The van der Waals surface area contributed by atoms with E-state index in [1.54, 1.807) is 6.20 Å². The van der Waals surface area contributed by atoms with E-state index in [-0.39, 0.29) is 6.04 Å². The first-order valence-corrected chi connectivity index (χ1v) is 5.62. The molecule has 0 radical (unpaired) electrons. The Kier molecular flexibility index (Phi) is 2.74. The smallest absolute Gasteiger partial charge is 0.137 e. The van der Waals surface area contributed by atoms with Crippen LogP contribution in [0.4, 0.5) is 5.82 Å². The Labute approximate surface area is 92.0 Å². The van der Waals surface area contributed by atoms with Crippen LogP contribution in [-0.2, 0) is 0 Å². The van der Waals surface area contributed by atoms with E-state index in [9.17, 15) is 0 Å². The van der Waals surface area contributed by atoms with Crippen molar-refractivity contribution in [2.24, 2.45) is 11.7 Å². The minimum absolute atomic E-state index is 0.104. The molecule has 1 aromatic heterocycles. The SMILES string of the molecule is Nc1ncc([C@H](N)CC2CC2)cc1Br. The Bertz CT molecular complexity index is 336. The second kappa shape index (κ2) is 3.87. The second-order valence-corrected chi connectivity index (χ2v) is 4.78. The summed E-state index contributed by atoms with van der Waals surface area (Å²) in [6, 6.07) is 2.07. The molecule has 0 aliphatic heterocycles. The van der Waals surface area contributed by atoms with Crippen LogP contribution in [0.2, 0.25) is 0 Å². The molecule has 2 rings (SSSR count). The Balaban J connectivity index is 2.10. The molecule has 1 aliphatic carbocycles. The van der Waals surface area contributed by atoms with Gasteiger partial charge in [0.1, 0.15) is 5.82 Å². The molecule has 1 atom stereocenters. The number of pyridine rings is 1. The summed E-state index contributed by atoms with van der Waals surface area (Å²) < 4.78 is 0.834. The van der Waals surface area contributed by atoms with E-state index in [2.05, 4.69) is 20.9 Å². The quantitative estimate of drug-likeness (QED) is 0.871. The van der Waals surface area contributed by atoms with E-state index in [1.165, 1.54) is 12.8 Å². The normalized spacial score (nSPS) is 18.1. The molecule has 76 valence electrons. The van der Waals surface area contributed by atoms with Gasteiger partial charge in [0.05, 0.1) is 4.47 Å². The predicted molar refractivity (Wildman–Crippen MR) is 60.6 cm³/mol. The van der Waals surface area contributed by atoms with E-state index >= 15 is 0 Å². The minimum Gasteiger partial charge on any atom is -0.383 e. The molecule has 1 saturated carbocycles. The van der Waals surface area contributed by atoms with Gasteiger partial charge in [-0.15, -0.1) is 0 Å². The molecule has 0 unspecified atom stereocenters. The minimum atomic E-state index is 0.104. The zero-order valence-corrected chi connectivity index (χ0v) is 9.50. The van der Waals surface area contributed by atoms with E-state index in [0.29, 0.717) is 5.82 Å². The maximum atomic E-state index is 6.05. The van der Waals surface area contributed by atoms with Crippen LogP contribution in [0, 0.1) is 5.92 Å². The van der Waals surface area contributed by atoms with Crippen LogP contribution in [0.3, 0.4) is 0 Å². The van der Waals surface area contributed by atoms with Gasteiger partial charge >= 0.3 is 0 Å². The van der Waals surface area contributed by atoms with E-state index < -0.39 is 0 Å². The first-order chi connectivity index (χ1) is 6.66. The second-order valence-electron chi connectivity index (χ2n) is 3.92. The molecule has 14 heavy (non-hydrogen) atoms. The summed E-state index contributed by atoms with van der Waals surface area (Å²) in [5, 5.41) is 0. The molecule has 4 heteroatoms. The van der Waals surface area contributed by atoms with Crippen LogP contribution >= 0.6 is 15.9 Å². The van der Waals surface area contributed by atoms with Gasteiger partial charge in [-0.05, 0) is 39.9 Å². The van der Waals surface area contributed by atoms with Crippen LogP contribution < -0.4 is 11.5 Å². The Morgan fingerprint density at radius 3 is 2.86 bits per heavy atom. The lowest BCUT2D eigenvalue weighted by molar-refractivity contribution is 0.595. The summed E-state index contributed by atoms with van der Waals surface area (Å²) in [6.07, 6.45) is 5.50. The van der Waals surface area contributed by atoms with Crippen molar-refractivity contribution in [3.8, 4) is 0 Å². The lowest BCUT2D eigenvalue weighted by Crippen LogP contribution is -2.11. The third-order valence-corrected chi connectivity index (χ3v) is 3.24. The van der Waals surface area contributed by atoms with Gasteiger partial charge in [0.25, 0.3) is 0 Å². The Hall–Kier alpha value is -0.610. The van der Waals surface area contributed by atoms with Gasteiger partial charge in [-0.3, -0.25) is 0 Å². The highest BCUT2D eigenvalue weighted by Crippen LogP contribution is 2.37. The summed E-state index contributed by atoms with van der Waals surface area (Å²) in [5.74, 6) is 1.36. The summed E-state index contributed by atoms with van der Waals surface area (Å²) in [5.41, 5.74) is 12.7. The van der Waals surface area contributed by atoms with Gasteiger partial charge in [-0.1, -0.05) is 12.8 Å². The molecule has 3 nitrogen and oxygen atoms in total. The third kappa shape index (κ3) is 2.25. The van der Waals surface area contributed by atoms with Crippen molar-refractivity contribution in [2.45, 2.75) is 25.3 Å². The fourth-order valence-electron chi connectivity index (χ4n) is 1.51. The number of nitrogens with two attached hydrogens (primary N) is 2. The molecule has 4 N–H and O–H groups in total. The Morgan fingerprint density at radius 2 is 2.29 bits per heavy atom. The summed E-state index contributed by atoms with van der Waals surface area (Å²) in [6.45, 7) is 0. The number of halogens is 1. The first-order valence-electron chi connectivity index (χ1n) is 4.83. The number of nitrogen functional groups attached to an aromatic ring is 1. The number of anilines is 1. The maximum Gasteiger partial charge on any atom is 0.137 e. The van der Waals surface area contributed by atoms with Crippen LogP contribution in [-0.4, -0.2) is 4.98 Å². The molecule has 0 spiro atoms. The molecule has 0 amide bonds. The fraction of sp³-hybridized carbons (Fsp3) is 0.500. The lowest BCUT2D eigenvalue weighted by Gasteiger charge is -2.11. The monoisotopic (exact) mass is 255 g/mol. The topological polar surface area (TPSA) is 64.9 Å². The molecule has 1 fully saturated rings. The number of nitrogens with zero attached hydrogens (tertiary/aromatic N) is 1. The number of hydrogen-bond acceptors (Lipinski definition) is 3. The van der Waals surface area contributed by atoms with Crippen molar-refractivity contribution in [1.82, 2.24) is 4.98 Å². The standard InChI is InChI=1S/C10H14BrN3/c11-8-4-7(5-14-10(8)13)9(12)3-6-1-2-6/h4-6,9H,1-3,12H2,(H2,13,14)/t9-/m1/s1. The highest BCUT2D eigenvalue weighted by molar-refractivity contribution is 9.10. The van der Waals surface area contributed by atoms with E-state index in [4.69, 9.17) is 11.5 Å². The Morgan fingerprint density at radius 1 is 1.57 bits per heavy atom. The highest BCUT2D eigenvalue weighted by atomic mass is 79.9. The molecule has 1 aliphatic rings. The van der Waals surface area contributed by atoms with Crippen LogP contribution in [0.5, 0.6) is 0 Å². The van der Waals surface area contributed by atoms with Gasteiger partial charge in [-0.2, -0.15) is 0 Å². The lowest BCUT2D eigenvalue weighted by atomic mass is 10.0. The molecular formula is C10H14BrN3. The van der Waals surface area contributed by atoms with Crippen molar-refractivity contribution in [1.29, 1.82) is 0 Å². The molecule has 0 saturated heterocycles. The van der Waals surface area contributed by atoms with Crippen molar-refractivity contribution in [3.05, 3.63) is 22.3 Å². The van der Waals surface area contributed by atoms with Crippen molar-refractivity contribution >= 4 is 21.7 Å². The molecule has 1 aromatic rings. The van der Waals surface area contributed by atoms with Gasteiger partial charge in [0.2, 0.25) is 0 Å². The third-order valence-electron chi connectivity index (χ3n) is 2.60. The predicted octanol–water partition coefficient (Wildman–Crippen LogP) is 2.23. The van der Waals surface area contributed by atoms with Gasteiger partial charge < -0.3 is 11.5 Å². The number of hydrogen-bond donors (Lipinski definition) is 2. The zero-order chi connectivity index (χ0) is 10.1. The van der Waals surface area contributed by atoms with Gasteiger partial charge in [0, 0.05) is 12.2 Å². The van der Waals surface area contributed by atoms with E-state index in [0.717, 1.165) is 22.4 Å². The average Bonchev–Trinajstić information content (AvgIpc) is 2.93. The van der Waals surface area contributed by atoms with Gasteiger partial charge in [0.15, 0.2) is 0 Å². The summed E-state index contributed by atoms with van der Waals surface area (Å²) in [7, 11) is 0. The summed E-state index contributed by atoms with van der Waals surface area (Å²) in [4.78, 5) is 4.08. The van der Waals surface area contributed by atoms with Crippen LogP contribution in [0.15, 0.2) is 16.7 Å². The number of aromatic nitrogens is 1. The zero-order valence-electron chi connectivity index (χ0n) is 7.91. The van der Waals surface area contributed by atoms with Gasteiger partial charge in [-0.25, -0.2) is 4.98 Å². The van der Waals surface area contributed by atoms with Crippen LogP contribution in [0.1, 0.15) is 30.9 Å². The van der Waals surface area contributed by atoms with Crippen molar-refractivity contribution in [3.63, 3.8) is 0 Å². The fourth-order valence-corrected chi connectivity index (χ4v) is 1.88. The number of rotatable bonds is 3. The van der Waals surface area contributed by atoms with Crippen LogP contribution in [0.25, 0.3) is 0 Å². The molecule has 1 heterocycles. The molecular weight excluding hydrogens is 242 g/mol. The average molecular weight is 256 g/mol. The maximum absolute atomic E-state index is 6.05. The first kappa shape index (κ1) is 9.93. The molecule has 0 aromatic carbocycles. The van der Waals surface area contributed by atoms with Crippen molar-refractivity contribution < 1.29 is 0 Å². The summed E-state index contributed by atoms with van der Waals surface area (Å²) >= 11 is 3.35. The highest BCUT2D eigenvalue weighted by Gasteiger charge is 2.24. The van der Waals surface area contributed by atoms with Crippen molar-refractivity contribution in [2.75, 3.05) is 5.73 Å². The van der Waals surface area contributed by atoms with E-state index in [1.807, 2.05) is 6.07 Å². The molecule has 0 bridgehead atoms.